The molecule has 1 fully saturated rings. The fraction of sp³-hybridized carbons (Fsp3) is 0.241. The predicted octanol–water partition coefficient (Wildman–Crippen LogP) is 5.65. The molecule has 6 rings (SSSR count). The summed E-state index contributed by atoms with van der Waals surface area (Å²) in [6, 6.07) is 12.5. The van der Waals surface area contributed by atoms with Crippen molar-refractivity contribution in [3.05, 3.63) is 88.2 Å². The second-order valence-electron chi connectivity index (χ2n) is 9.83. The lowest BCUT2D eigenvalue weighted by Crippen LogP contribution is -2.50. The van der Waals surface area contributed by atoms with Crippen LogP contribution >= 0.6 is 11.6 Å². The maximum Gasteiger partial charge on any atom is 0.329 e. The lowest BCUT2D eigenvalue weighted by Gasteiger charge is -2.27. The van der Waals surface area contributed by atoms with Gasteiger partial charge in [-0.3, -0.25) is 19.9 Å². The largest absolute Gasteiger partial charge is 0.453 e. The van der Waals surface area contributed by atoms with Gasteiger partial charge < -0.3 is 9.30 Å². The molecule has 4 aromatic rings. The Balaban J connectivity index is 1.14. The summed E-state index contributed by atoms with van der Waals surface area (Å²) in [6.45, 7) is 4.88. The van der Waals surface area contributed by atoms with Crippen LogP contribution < -0.4 is 15.0 Å². The maximum absolute atomic E-state index is 14.1. The van der Waals surface area contributed by atoms with Gasteiger partial charge in [-0.1, -0.05) is 29.8 Å². The molecule has 0 radical (unpaired) electrons. The lowest BCUT2D eigenvalue weighted by molar-refractivity contribution is -0.120. The number of imidazole rings is 1. The number of halogens is 3. The number of carbonyl (C=O) groups is 2. The van der Waals surface area contributed by atoms with Crippen LogP contribution in [0, 0.1) is 11.6 Å². The molecule has 4 heterocycles. The van der Waals surface area contributed by atoms with E-state index in [9.17, 15) is 18.4 Å². The third-order valence-corrected chi connectivity index (χ3v) is 7.34. The van der Waals surface area contributed by atoms with E-state index in [2.05, 4.69) is 21.3 Å². The molecule has 2 aliphatic heterocycles. The predicted molar refractivity (Wildman–Crippen MR) is 147 cm³/mol. The van der Waals surface area contributed by atoms with E-state index in [-0.39, 0.29) is 23.1 Å². The molecule has 210 valence electrons. The summed E-state index contributed by atoms with van der Waals surface area (Å²) in [4.78, 5) is 37.2. The minimum atomic E-state index is -0.869. The van der Waals surface area contributed by atoms with Crippen LogP contribution in [0.3, 0.4) is 0 Å². The Morgan fingerprint density at radius 3 is 2.61 bits per heavy atom. The maximum atomic E-state index is 14.1. The number of fused-ring (bicyclic) bond motifs is 1. The summed E-state index contributed by atoms with van der Waals surface area (Å²) >= 11 is 5.94. The minimum Gasteiger partial charge on any atom is -0.453 e. The summed E-state index contributed by atoms with van der Waals surface area (Å²) in [5.74, 6) is -0.483. The normalized spacial score (nSPS) is 15.3. The Bertz CT molecular complexity index is 1640. The van der Waals surface area contributed by atoms with Gasteiger partial charge in [-0.2, -0.15) is 0 Å². The minimum absolute atomic E-state index is 0.139. The molecule has 41 heavy (non-hydrogen) atoms. The molecular formula is C29H25ClF2N6O3. The summed E-state index contributed by atoms with van der Waals surface area (Å²) in [6.07, 6.45) is 1.88. The summed E-state index contributed by atoms with van der Waals surface area (Å²) in [5.41, 5.74) is 3.82. The number of amides is 3. The number of rotatable bonds is 7. The van der Waals surface area contributed by atoms with Crippen molar-refractivity contribution in [2.24, 2.45) is 0 Å². The van der Waals surface area contributed by atoms with Crippen molar-refractivity contribution in [3.8, 4) is 23.0 Å². The summed E-state index contributed by atoms with van der Waals surface area (Å²) in [7, 11) is 0. The SMILES string of the molecule is CCn1c(N2CCC(=O)NC2=O)cnc1-c1ccc2c(n1)CN(Cc1ccc(Oc3c(F)cc(F)cc3Cl)cc1)C2. The number of anilines is 1. The number of pyridine rings is 1. The fourth-order valence-corrected chi connectivity index (χ4v) is 5.34. The topological polar surface area (TPSA) is 92.6 Å². The van der Waals surface area contributed by atoms with Gasteiger partial charge in [0.1, 0.15) is 23.1 Å². The quantitative estimate of drug-likeness (QED) is 0.305. The van der Waals surface area contributed by atoms with Crippen molar-refractivity contribution in [1.82, 2.24) is 24.8 Å². The van der Waals surface area contributed by atoms with E-state index in [0.717, 1.165) is 35.5 Å². The number of aromatic nitrogens is 3. The van der Waals surface area contributed by atoms with Crippen molar-refractivity contribution >= 4 is 29.4 Å². The Morgan fingerprint density at radius 1 is 1.07 bits per heavy atom. The molecule has 1 N–H and O–H groups in total. The molecule has 0 spiro atoms. The van der Waals surface area contributed by atoms with Crippen LogP contribution in [0.25, 0.3) is 11.5 Å². The van der Waals surface area contributed by atoms with Crippen molar-refractivity contribution in [3.63, 3.8) is 0 Å². The van der Waals surface area contributed by atoms with E-state index in [4.69, 9.17) is 21.3 Å². The van der Waals surface area contributed by atoms with Gasteiger partial charge >= 0.3 is 6.03 Å². The van der Waals surface area contributed by atoms with Crippen LogP contribution in [0.5, 0.6) is 11.5 Å². The Labute approximate surface area is 239 Å². The lowest BCUT2D eigenvalue weighted by atomic mass is 10.2. The van der Waals surface area contributed by atoms with Gasteiger partial charge in [0.25, 0.3) is 0 Å². The number of nitrogens with zero attached hydrogens (tertiary/aromatic N) is 5. The fourth-order valence-electron chi connectivity index (χ4n) is 5.10. The van der Waals surface area contributed by atoms with Gasteiger partial charge in [0.2, 0.25) is 5.91 Å². The van der Waals surface area contributed by atoms with Crippen LogP contribution in [-0.4, -0.2) is 37.9 Å². The van der Waals surface area contributed by atoms with E-state index >= 15 is 0 Å². The first kappa shape index (κ1) is 26.9. The van der Waals surface area contributed by atoms with E-state index in [1.807, 2.05) is 29.7 Å². The second-order valence-corrected chi connectivity index (χ2v) is 10.2. The van der Waals surface area contributed by atoms with Crippen molar-refractivity contribution in [2.45, 2.75) is 39.5 Å². The highest BCUT2D eigenvalue weighted by Crippen LogP contribution is 2.34. The van der Waals surface area contributed by atoms with Crippen LogP contribution in [-0.2, 0) is 31.0 Å². The average Bonchev–Trinajstić information content (AvgIpc) is 3.54. The van der Waals surface area contributed by atoms with E-state index in [1.54, 1.807) is 18.3 Å². The summed E-state index contributed by atoms with van der Waals surface area (Å²) < 4.78 is 34.9. The zero-order valence-corrected chi connectivity index (χ0v) is 22.8. The highest BCUT2D eigenvalue weighted by Gasteiger charge is 2.28. The molecule has 3 amide bonds. The molecule has 0 unspecified atom stereocenters. The first-order valence-electron chi connectivity index (χ1n) is 13.1. The molecule has 0 bridgehead atoms. The molecule has 12 heteroatoms. The number of hydrogen-bond acceptors (Lipinski definition) is 6. The average molecular weight is 579 g/mol. The summed E-state index contributed by atoms with van der Waals surface area (Å²) in [5, 5.41) is 2.21. The van der Waals surface area contributed by atoms with Gasteiger partial charge in [-0.15, -0.1) is 0 Å². The molecule has 2 aromatic carbocycles. The van der Waals surface area contributed by atoms with Crippen molar-refractivity contribution in [2.75, 3.05) is 11.4 Å². The van der Waals surface area contributed by atoms with E-state index in [1.165, 1.54) is 4.90 Å². The van der Waals surface area contributed by atoms with Gasteiger partial charge in [0, 0.05) is 45.2 Å². The third kappa shape index (κ3) is 5.38. The highest BCUT2D eigenvalue weighted by molar-refractivity contribution is 6.32. The first-order chi connectivity index (χ1) is 19.8. The van der Waals surface area contributed by atoms with Gasteiger partial charge in [0.05, 0.1) is 16.9 Å². The van der Waals surface area contributed by atoms with E-state index in [0.29, 0.717) is 49.3 Å². The van der Waals surface area contributed by atoms with Crippen molar-refractivity contribution in [1.29, 1.82) is 0 Å². The molecule has 2 aliphatic rings. The molecule has 0 saturated carbocycles. The van der Waals surface area contributed by atoms with Crippen LogP contribution in [0.15, 0.2) is 54.7 Å². The Hall–Kier alpha value is -4.35. The van der Waals surface area contributed by atoms with Gasteiger partial charge in [0.15, 0.2) is 17.4 Å². The molecule has 0 aliphatic carbocycles. The standard InChI is InChI=1S/C29H25ClF2N6O3/c1-2-37-26(38-10-9-25(39)35-29(38)40)13-33-28(37)23-8-5-18-15-36(16-24(18)34-23)14-17-3-6-20(7-4-17)41-27-21(30)11-19(31)12-22(27)32/h3-8,11-13H,2,9-10,14-16H2,1H3,(H,35,39,40). The van der Waals surface area contributed by atoms with E-state index < -0.39 is 17.7 Å². The molecule has 1 saturated heterocycles. The van der Waals surface area contributed by atoms with Crippen molar-refractivity contribution < 1.29 is 23.1 Å². The Kier molecular flexibility index (Phi) is 7.14. The smallest absolute Gasteiger partial charge is 0.329 e. The number of carbonyl (C=O) groups excluding carboxylic acids is 2. The highest BCUT2D eigenvalue weighted by atomic mass is 35.5. The number of nitrogens with one attached hydrogen (secondary N) is 1. The third-order valence-electron chi connectivity index (χ3n) is 7.06. The number of hydrogen-bond donors (Lipinski definition) is 1. The number of ether oxygens (including phenoxy) is 1. The molecular weight excluding hydrogens is 554 g/mol. The number of benzene rings is 2. The van der Waals surface area contributed by atoms with Gasteiger partial charge in [-0.25, -0.2) is 23.5 Å². The van der Waals surface area contributed by atoms with Crippen LogP contribution in [0.2, 0.25) is 5.02 Å². The van der Waals surface area contributed by atoms with Crippen LogP contribution in [0.4, 0.5) is 19.4 Å². The second kappa shape index (κ2) is 10.9. The van der Waals surface area contributed by atoms with Gasteiger partial charge in [-0.05, 0) is 42.3 Å². The molecule has 2 aromatic heterocycles. The molecule has 0 atom stereocenters. The van der Waals surface area contributed by atoms with Crippen LogP contribution in [0.1, 0.15) is 30.2 Å². The number of urea groups is 1. The Morgan fingerprint density at radius 2 is 1.88 bits per heavy atom. The first-order valence-corrected chi connectivity index (χ1v) is 13.5. The molecule has 9 nitrogen and oxygen atoms in total. The monoisotopic (exact) mass is 578 g/mol. The zero-order valence-electron chi connectivity index (χ0n) is 22.0. The zero-order chi connectivity index (χ0) is 28.7. The number of imide groups is 1.